The Morgan fingerprint density at radius 2 is 1.63 bits per heavy atom. The molecule has 2 heterocycles. The maximum atomic E-state index is 13.9. The average Bonchev–Trinajstić information content (AvgIpc) is 3.39. The number of amides is 2. The fraction of sp³-hybridized carbons (Fsp3) is 0.500. The molecule has 2 aliphatic rings. The van der Waals surface area contributed by atoms with Crippen LogP contribution in [0.3, 0.4) is 0 Å². The molecule has 3 aromatic rings. The van der Waals surface area contributed by atoms with E-state index in [0.29, 0.717) is 23.2 Å². The van der Waals surface area contributed by atoms with Crippen LogP contribution in [0.1, 0.15) is 88.5 Å². The zero-order chi connectivity index (χ0) is 29.0. The second kappa shape index (κ2) is 12.6. The molecular formula is C34H45N5O2. The Morgan fingerprint density at radius 1 is 0.927 bits per heavy atom. The summed E-state index contributed by atoms with van der Waals surface area (Å²) in [5.41, 5.74) is 4.47. The molecule has 1 aromatic heterocycles. The molecule has 1 aliphatic heterocycles. The van der Waals surface area contributed by atoms with E-state index in [0.717, 1.165) is 74.1 Å². The van der Waals surface area contributed by atoms with Gasteiger partial charge in [-0.3, -0.25) is 10.1 Å². The maximum absolute atomic E-state index is 13.9. The minimum Gasteiger partial charge on any atom is -0.317 e. The molecule has 0 radical (unpaired) electrons. The van der Waals surface area contributed by atoms with E-state index < -0.39 is 0 Å². The average molecular weight is 556 g/mol. The summed E-state index contributed by atoms with van der Waals surface area (Å²) in [5, 5.41) is 14.3. The van der Waals surface area contributed by atoms with Crippen molar-refractivity contribution in [3.05, 3.63) is 71.4 Å². The van der Waals surface area contributed by atoms with Gasteiger partial charge in [-0.05, 0) is 81.4 Å². The van der Waals surface area contributed by atoms with Crippen LogP contribution in [0, 0.1) is 18.8 Å². The highest BCUT2D eigenvalue weighted by Gasteiger charge is 2.35. The van der Waals surface area contributed by atoms with Crippen molar-refractivity contribution in [3.8, 4) is 5.69 Å². The van der Waals surface area contributed by atoms with Crippen LogP contribution in [-0.4, -0.2) is 34.7 Å². The fourth-order valence-corrected chi connectivity index (χ4v) is 6.30. The SMILES string of the molecule is Cc1ccc(-n2nc(C(C)(C)C)cc2NC(=O)Nc2cccc(C(C(=O)C3CCCCC3)C3CCNCC3)c2)cc1. The van der Waals surface area contributed by atoms with Crippen molar-refractivity contribution in [1.29, 1.82) is 0 Å². The van der Waals surface area contributed by atoms with Gasteiger partial charge < -0.3 is 10.6 Å². The number of hydrogen-bond donors (Lipinski definition) is 3. The lowest BCUT2D eigenvalue weighted by molar-refractivity contribution is -0.126. The number of ketones is 1. The Kier molecular flexibility index (Phi) is 8.93. The Labute approximate surface area is 244 Å². The minimum atomic E-state index is -0.340. The summed E-state index contributed by atoms with van der Waals surface area (Å²) in [6.45, 7) is 10.3. The lowest BCUT2D eigenvalue weighted by Gasteiger charge is -2.33. The summed E-state index contributed by atoms with van der Waals surface area (Å²) in [6, 6.07) is 17.6. The van der Waals surface area contributed by atoms with Crippen LogP contribution in [0.5, 0.6) is 0 Å². The molecule has 41 heavy (non-hydrogen) atoms. The standard InChI is InChI=1S/C34H45N5O2/c1-23-13-15-28(16-14-23)39-30(22-29(38-39)34(2,3)4)37-33(41)36-27-12-8-11-26(21-27)31(24-17-19-35-20-18-24)32(40)25-9-6-5-7-10-25/h8,11-16,21-22,24-25,31,35H,5-7,9-10,17-20H2,1-4H3,(H2,36,37,41). The fourth-order valence-electron chi connectivity index (χ4n) is 6.30. The number of carbonyl (C=O) groups is 2. The van der Waals surface area contributed by atoms with Gasteiger partial charge in [0, 0.05) is 29.0 Å². The van der Waals surface area contributed by atoms with E-state index in [9.17, 15) is 9.59 Å². The molecule has 2 fully saturated rings. The van der Waals surface area contributed by atoms with Crippen molar-refractivity contribution in [2.45, 2.75) is 84.0 Å². The molecule has 1 saturated heterocycles. The Morgan fingerprint density at radius 3 is 2.32 bits per heavy atom. The number of aryl methyl sites for hydroxylation is 1. The lowest BCUT2D eigenvalue weighted by Crippen LogP contribution is -2.36. The first kappa shape index (κ1) is 29.1. The molecule has 7 heteroatoms. The number of carbonyl (C=O) groups excluding carboxylic acids is 2. The molecule has 218 valence electrons. The predicted molar refractivity (Wildman–Crippen MR) is 166 cm³/mol. The molecule has 1 unspecified atom stereocenters. The van der Waals surface area contributed by atoms with Crippen LogP contribution in [0.4, 0.5) is 16.3 Å². The van der Waals surface area contributed by atoms with Crippen molar-refractivity contribution >= 4 is 23.3 Å². The third-order valence-electron chi connectivity index (χ3n) is 8.67. The van der Waals surface area contributed by atoms with Gasteiger partial charge in [0.1, 0.15) is 11.6 Å². The van der Waals surface area contributed by atoms with E-state index in [4.69, 9.17) is 5.10 Å². The second-order valence-electron chi connectivity index (χ2n) is 12.9. The first-order chi connectivity index (χ1) is 19.7. The normalized spacial score (nSPS) is 17.7. The summed E-state index contributed by atoms with van der Waals surface area (Å²) in [6.07, 6.45) is 7.54. The number of hydrogen-bond acceptors (Lipinski definition) is 4. The molecule has 2 aromatic carbocycles. The number of nitrogens with one attached hydrogen (secondary N) is 3. The van der Waals surface area contributed by atoms with E-state index in [1.54, 1.807) is 4.68 Å². The molecule has 5 rings (SSSR count). The third kappa shape index (κ3) is 7.07. The zero-order valence-electron chi connectivity index (χ0n) is 25.0. The third-order valence-corrected chi connectivity index (χ3v) is 8.67. The van der Waals surface area contributed by atoms with E-state index >= 15 is 0 Å². The van der Waals surface area contributed by atoms with Crippen LogP contribution in [0.2, 0.25) is 0 Å². The van der Waals surface area contributed by atoms with Crippen LogP contribution >= 0.6 is 0 Å². The number of rotatable bonds is 7. The number of aromatic nitrogens is 2. The summed E-state index contributed by atoms with van der Waals surface area (Å²) in [4.78, 5) is 27.2. The highest BCUT2D eigenvalue weighted by molar-refractivity contribution is 5.99. The highest BCUT2D eigenvalue weighted by Crippen LogP contribution is 2.38. The molecule has 1 atom stereocenters. The first-order valence-electron chi connectivity index (χ1n) is 15.3. The van der Waals surface area contributed by atoms with Crippen LogP contribution in [-0.2, 0) is 10.2 Å². The molecule has 1 saturated carbocycles. The number of Topliss-reactive ketones (excluding diaryl/α,β-unsaturated/α-hetero) is 1. The van der Waals surface area contributed by atoms with E-state index in [2.05, 4.69) is 42.8 Å². The van der Waals surface area contributed by atoms with E-state index in [1.807, 2.05) is 55.5 Å². The Balaban J connectivity index is 1.37. The summed E-state index contributed by atoms with van der Waals surface area (Å²) < 4.78 is 1.78. The molecule has 7 nitrogen and oxygen atoms in total. The number of anilines is 2. The van der Waals surface area contributed by atoms with E-state index in [1.165, 1.54) is 6.42 Å². The number of nitrogens with zero attached hydrogens (tertiary/aromatic N) is 2. The predicted octanol–water partition coefficient (Wildman–Crippen LogP) is 7.35. The summed E-state index contributed by atoms with van der Waals surface area (Å²) >= 11 is 0. The molecule has 0 bridgehead atoms. The molecule has 3 N–H and O–H groups in total. The lowest BCUT2D eigenvalue weighted by atomic mass is 9.72. The minimum absolute atomic E-state index is 0.123. The van der Waals surface area contributed by atoms with Gasteiger partial charge in [-0.15, -0.1) is 0 Å². The van der Waals surface area contributed by atoms with Crippen LogP contribution < -0.4 is 16.0 Å². The van der Waals surface area contributed by atoms with Gasteiger partial charge in [-0.25, -0.2) is 9.48 Å². The van der Waals surface area contributed by atoms with Gasteiger partial charge in [-0.2, -0.15) is 5.10 Å². The molecule has 0 spiro atoms. The summed E-state index contributed by atoms with van der Waals surface area (Å²) in [7, 11) is 0. The van der Waals surface area contributed by atoms with Gasteiger partial charge in [0.05, 0.1) is 11.4 Å². The maximum Gasteiger partial charge on any atom is 0.324 e. The van der Waals surface area contributed by atoms with Gasteiger partial charge in [0.15, 0.2) is 0 Å². The highest BCUT2D eigenvalue weighted by atomic mass is 16.2. The van der Waals surface area contributed by atoms with Crippen LogP contribution in [0.25, 0.3) is 5.69 Å². The van der Waals surface area contributed by atoms with Gasteiger partial charge in [-0.1, -0.05) is 69.9 Å². The van der Waals surface area contributed by atoms with Crippen molar-refractivity contribution in [2.24, 2.45) is 11.8 Å². The smallest absolute Gasteiger partial charge is 0.317 e. The van der Waals surface area contributed by atoms with Crippen molar-refractivity contribution in [2.75, 3.05) is 23.7 Å². The molecular weight excluding hydrogens is 510 g/mol. The number of urea groups is 1. The second-order valence-corrected chi connectivity index (χ2v) is 12.9. The largest absolute Gasteiger partial charge is 0.324 e. The quantitative estimate of drug-likeness (QED) is 0.284. The monoisotopic (exact) mass is 555 g/mol. The van der Waals surface area contributed by atoms with Gasteiger partial charge in [0.25, 0.3) is 0 Å². The zero-order valence-corrected chi connectivity index (χ0v) is 25.0. The Bertz CT molecular complexity index is 1340. The Hall–Kier alpha value is -3.45. The number of benzene rings is 2. The van der Waals surface area contributed by atoms with E-state index in [-0.39, 0.29) is 23.3 Å². The first-order valence-corrected chi connectivity index (χ1v) is 15.3. The van der Waals surface area contributed by atoms with Gasteiger partial charge in [0.2, 0.25) is 0 Å². The topological polar surface area (TPSA) is 88.1 Å². The van der Waals surface area contributed by atoms with Crippen molar-refractivity contribution in [3.63, 3.8) is 0 Å². The van der Waals surface area contributed by atoms with Crippen molar-refractivity contribution in [1.82, 2.24) is 15.1 Å². The van der Waals surface area contributed by atoms with Crippen LogP contribution in [0.15, 0.2) is 54.6 Å². The summed E-state index contributed by atoms with van der Waals surface area (Å²) in [5.74, 6) is 1.36. The van der Waals surface area contributed by atoms with Gasteiger partial charge >= 0.3 is 6.03 Å². The van der Waals surface area contributed by atoms with Crippen molar-refractivity contribution < 1.29 is 9.59 Å². The molecule has 1 aliphatic carbocycles. The molecule has 2 amide bonds. The number of piperidine rings is 1.